The maximum absolute atomic E-state index is 6.37. The lowest BCUT2D eigenvalue weighted by Crippen LogP contribution is -3.14. The van der Waals surface area contributed by atoms with Gasteiger partial charge < -0.3 is 15.0 Å². The molecule has 0 spiro atoms. The second-order valence-corrected chi connectivity index (χ2v) is 7.00. The van der Waals surface area contributed by atoms with Crippen molar-refractivity contribution in [2.45, 2.75) is 6.92 Å². The monoisotopic (exact) mass is 372 g/mol. The molecule has 0 radical (unpaired) electrons. The minimum absolute atomic E-state index is 0.705. The van der Waals surface area contributed by atoms with Crippen LogP contribution in [0.4, 0.5) is 5.82 Å². The molecule has 0 atom stereocenters. The van der Waals surface area contributed by atoms with Crippen LogP contribution >= 0.6 is 11.6 Å². The van der Waals surface area contributed by atoms with E-state index in [1.54, 1.807) is 4.90 Å². The highest BCUT2D eigenvalue weighted by Crippen LogP contribution is 2.31. The molecule has 2 aromatic heterocycles. The maximum atomic E-state index is 6.37. The van der Waals surface area contributed by atoms with Crippen molar-refractivity contribution in [3.8, 4) is 11.1 Å². The average molecular weight is 373 g/mol. The van der Waals surface area contributed by atoms with Gasteiger partial charge >= 0.3 is 0 Å². The smallest absolute Gasteiger partial charge is 0.165 e. The fraction of sp³-hybridized carbons (Fsp3) is 0.368. The van der Waals surface area contributed by atoms with E-state index < -0.39 is 0 Å². The number of quaternary nitrogens is 1. The van der Waals surface area contributed by atoms with Crippen LogP contribution in [-0.4, -0.2) is 54.0 Å². The second-order valence-electron chi connectivity index (χ2n) is 6.60. The first-order valence-electron chi connectivity index (χ1n) is 8.98. The zero-order chi connectivity index (χ0) is 17.9. The van der Waals surface area contributed by atoms with Crippen molar-refractivity contribution in [2.75, 3.05) is 44.7 Å². The lowest BCUT2D eigenvalue weighted by Gasteiger charge is -2.23. The van der Waals surface area contributed by atoms with Gasteiger partial charge in [0.1, 0.15) is 18.9 Å². The van der Waals surface area contributed by atoms with Gasteiger partial charge in [0.25, 0.3) is 0 Å². The van der Waals surface area contributed by atoms with Gasteiger partial charge in [0.2, 0.25) is 0 Å². The lowest BCUT2D eigenvalue weighted by atomic mass is 10.1. The van der Waals surface area contributed by atoms with Crippen molar-refractivity contribution in [1.29, 1.82) is 0 Å². The minimum Gasteiger partial charge on any atom is -0.370 e. The Bertz CT molecular complexity index is 904. The Morgan fingerprint density at radius 1 is 1.23 bits per heavy atom. The van der Waals surface area contributed by atoms with Gasteiger partial charge in [0, 0.05) is 27.9 Å². The summed E-state index contributed by atoms with van der Waals surface area (Å²) in [7, 11) is 0. The number of nitrogens with zero attached hydrogens (tertiary/aromatic N) is 3. The summed E-state index contributed by atoms with van der Waals surface area (Å²) in [5.74, 6) is 0.957. The highest BCUT2D eigenvalue weighted by Gasteiger charge is 2.16. The third kappa shape index (κ3) is 3.53. The molecule has 6 nitrogen and oxygen atoms in total. The van der Waals surface area contributed by atoms with Crippen LogP contribution in [0, 0.1) is 6.92 Å². The van der Waals surface area contributed by atoms with Crippen molar-refractivity contribution in [3.05, 3.63) is 47.2 Å². The van der Waals surface area contributed by atoms with Crippen molar-refractivity contribution >= 4 is 23.1 Å². The van der Waals surface area contributed by atoms with Gasteiger partial charge in [-0.3, -0.25) is 0 Å². The number of rotatable bonds is 5. The predicted molar refractivity (Wildman–Crippen MR) is 103 cm³/mol. The summed E-state index contributed by atoms with van der Waals surface area (Å²) in [6.45, 7) is 7.81. The Hall–Kier alpha value is -2.15. The molecular formula is C19H23ClN5O+. The van der Waals surface area contributed by atoms with E-state index >= 15 is 0 Å². The molecule has 3 heterocycles. The quantitative estimate of drug-likeness (QED) is 0.715. The van der Waals surface area contributed by atoms with Crippen molar-refractivity contribution < 1.29 is 9.64 Å². The van der Waals surface area contributed by atoms with Crippen LogP contribution < -0.4 is 10.2 Å². The molecule has 1 saturated heterocycles. The number of fused-ring (bicyclic) bond motifs is 1. The second kappa shape index (κ2) is 7.61. The van der Waals surface area contributed by atoms with Crippen molar-refractivity contribution in [2.24, 2.45) is 0 Å². The fourth-order valence-corrected chi connectivity index (χ4v) is 3.59. The molecular weight excluding hydrogens is 350 g/mol. The first kappa shape index (κ1) is 17.3. The van der Waals surface area contributed by atoms with Crippen molar-refractivity contribution in [1.82, 2.24) is 14.6 Å². The number of anilines is 1. The van der Waals surface area contributed by atoms with Gasteiger partial charge in [0.05, 0.1) is 32.5 Å². The largest absolute Gasteiger partial charge is 0.370 e. The number of morpholine rings is 1. The van der Waals surface area contributed by atoms with Crippen LogP contribution in [0.1, 0.15) is 5.69 Å². The predicted octanol–water partition coefficient (Wildman–Crippen LogP) is 1.69. The Morgan fingerprint density at radius 3 is 2.85 bits per heavy atom. The van der Waals surface area contributed by atoms with E-state index in [0.717, 1.165) is 67.7 Å². The lowest BCUT2D eigenvalue weighted by molar-refractivity contribution is -0.906. The molecule has 7 heteroatoms. The van der Waals surface area contributed by atoms with Crippen LogP contribution in [0.3, 0.4) is 0 Å². The third-order valence-corrected chi connectivity index (χ3v) is 5.08. The highest BCUT2D eigenvalue weighted by molar-refractivity contribution is 6.33. The summed E-state index contributed by atoms with van der Waals surface area (Å²) in [6.07, 6.45) is 1.83. The summed E-state index contributed by atoms with van der Waals surface area (Å²) < 4.78 is 7.28. The fourth-order valence-electron chi connectivity index (χ4n) is 3.36. The number of aromatic nitrogens is 3. The summed E-state index contributed by atoms with van der Waals surface area (Å²) >= 11 is 6.37. The van der Waals surface area contributed by atoms with E-state index in [1.807, 2.05) is 48.0 Å². The number of nitrogens with one attached hydrogen (secondary N) is 2. The summed E-state index contributed by atoms with van der Waals surface area (Å²) in [5.41, 5.74) is 3.67. The van der Waals surface area contributed by atoms with E-state index in [4.69, 9.17) is 21.3 Å². The van der Waals surface area contributed by atoms with E-state index in [2.05, 4.69) is 10.4 Å². The van der Waals surface area contributed by atoms with Gasteiger partial charge in [-0.2, -0.15) is 9.61 Å². The number of benzene rings is 1. The number of halogens is 1. The molecule has 0 bridgehead atoms. The summed E-state index contributed by atoms with van der Waals surface area (Å²) in [5, 5.41) is 8.77. The minimum atomic E-state index is 0.705. The number of ether oxygens (including phenoxy) is 1. The Kier molecular flexibility index (Phi) is 5.06. The van der Waals surface area contributed by atoms with E-state index in [0.29, 0.717) is 5.02 Å². The van der Waals surface area contributed by atoms with Crippen LogP contribution in [-0.2, 0) is 4.74 Å². The molecule has 1 aliphatic heterocycles. The zero-order valence-electron chi connectivity index (χ0n) is 14.8. The first-order chi connectivity index (χ1) is 12.7. The maximum Gasteiger partial charge on any atom is 0.165 e. The molecule has 4 rings (SSSR count). The Balaban J connectivity index is 1.59. The molecule has 0 amide bonds. The third-order valence-electron chi connectivity index (χ3n) is 4.75. The number of hydrogen-bond acceptors (Lipinski definition) is 4. The molecule has 0 aliphatic carbocycles. The van der Waals surface area contributed by atoms with Crippen LogP contribution in [0.2, 0.25) is 5.02 Å². The Labute approximate surface area is 157 Å². The molecule has 0 saturated carbocycles. The number of hydrogen-bond donors (Lipinski definition) is 2. The number of aryl methyl sites for hydroxylation is 1. The molecule has 0 unspecified atom stereocenters. The standard InChI is InChI=1S/C19H22ClN5O/c1-14-12-18(21-6-7-24-8-10-26-11-9-24)25-19(23-14)16(13-22-25)15-4-2-3-5-17(15)20/h2-5,12-13,21H,6-11H2,1H3/p+1. The van der Waals surface area contributed by atoms with Gasteiger partial charge in [-0.05, 0) is 13.0 Å². The van der Waals surface area contributed by atoms with Gasteiger partial charge in [-0.1, -0.05) is 29.8 Å². The van der Waals surface area contributed by atoms with E-state index in [-0.39, 0.29) is 0 Å². The summed E-state index contributed by atoms with van der Waals surface area (Å²) in [4.78, 5) is 6.26. The van der Waals surface area contributed by atoms with Crippen LogP contribution in [0.15, 0.2) is 36.5 Å². The zero-order valence-corrected chi connectivity index (χ0v) is 15.6. The highest BCUT2D eigenvalue weighted by atomic mass is 35.5. The Morgan fingerprint density at radius 2 is 2.04 bits per heavy atom. The molecule has 136 valence electrons. The molecule has 1 aliphatic rings. The van der Waals surface area contributed by atoms with Crippen LogP contribution in [0.5, 0.6) is 0 Å². The molecule has 2 N–H and O–H groups in total. The molecule has 26 heavy (non-hydrogen) atoms. The van der Waals surface area contributed by atoms with Gasteiger partial charge in [0.15, 0.2) is 5.65 Å². The first-order valence-corrected chi connectivity index (χ1v) is 9.35. The SMILES string of the molecule is Cc1cc(NCC[NH+]2CCOCC2)n2ncc(-c3ccccc3Cl)c2n1. The van der Waals surface area contributed by atoms with Crippen molar-refractivity contribution in [3.63, 3.8) is 0 Å². The molecule has 1 fully saturated rings. The van der Waals surface area contributed by atoms with Gasteiger partial charge in [-0.25, -0.2) is 4.98 Å². The van der Waals surface area contributed by atoms with Crippen LogP contribution in [0.25, 0.3) is 16.8 Å². The molecule has 3 aromatic rings. The normalized spacial score (nSPS) is 15.5. The topological polar surface area (TPSA) is 55.9 Å². The average Bonchev–Trinajstić information content (AvgIpc) is 3.06. The van der Waals surface area contributed by atoms with E-state index in [1.165, 1.54) is 0 Å². The van der Waals surface area contributed by atoms with Gasteiger partial charge in [-0.15, -0.1) is 0 Å². The van der Waals surface area contributed by atoms with E-state index in [9.17, 15) is 0 Å². The summed E-state index contributed by atoms with van der Waals surface area (Å²) in [6, 6.07) is 9.83. The molecule has 1 aromatic carbocycles.